The average Bonchev–Trinajstić information content (AvgIpc) is 2.78. The van der Waals surface area contributed by atoms with Gasteiger partial charge in [-0.25, -0.2) is 0 Å². The minimum atomic E-state index is 0.225. The van der Waals surface area contributed by atoms with Gasteiger partial charge >= 0.3 is 0 Å². The highest BCUT2D eigenvalue weighted by atomic mass is 35.5. The van der Waals surface area contributed by atoms with Gasteiger partial charge in [0, 0.05) is 16.1 Å². The first-order chi connectivity index (χ1) is 8.18. The van der Waals surface area contributed by atoms with Gasteiger partial charge in [-0.2, -0.15) is 0 Å². The number of fused-ring (bicyclic) bond motifs is 1. The van der Waals surface area contributed by atoms with Crippen LogP contribution >= 0.6 is 23.2 Å². The molecule has 3 unspecified atom stereocenters. The van der Waals surface area contributed by atoms with Crippen LogP contribution in [-0.2, 0) is 6.42 Å². The van der Waals surface area contributed by atoms with Gasteiger partial charge in [0.25, 0.3) is 0 Å². The predicted molar refractivity (Wildman–Crippen MR) is 72.5 cm³/mol. The molecule has 0 amide bonds. The van der Waals surface area contributed by atoms with Crippen LogP contribution in [0.1, 0.15) is 24.8 Å². The maximum absolute atomic E-state index is 6.32. The van der Waals surface area contributed by atoms with Crippen molar-refractivity contribution in [3.8, 4) is 0 Å². The van der Waals surface area contributed by atoms with E-state index in [0.717, 1.165) is 39.8 Å². The maximum atomic E-state index is 6.32. The Bertz CT molecular complexity index is 402. The number of nitrogens with two attached hydrogens (primary N) is 1. The second-order valence-corrected chi connectivity index (χ2v) is 6.22. The molecule has 0 aliphatic heterocycles. The molecule has 0 bridgehead atoms. The molecule has 1 aromatic rings. The first kappa shape index (κ1) is 11.8. The summed E-state index contributed by atoms with van der Waals surface area (Å²) >= 11 is 12.4. The molecule has 92 valence electrons. The van der Waals surface area contributed by atoms with Crippen molar-refractivity contribution in [3.05, 3.63) is 33.8 Å². The Morgan fingerprint density at radius 3 is 2.35 bits per heavy atom. The zero-order valence-corrected chi connectivity index (χ0v) is 11.2. The largest absolute Gasteiger partial charge is 0.327 e. The van der Waals surface area contributed by atoms with Gasteiger partial charge in [-0.05, 0) is 54.7 Å². The van der Waals surface area contributed by atoms with Crippen LogP contribution in [-0.4, -0.2) is 6.04 Å². The van der Waals surface area contributed by atoms with Crippen LogP contribution in [0, 0.1) is 17.8 Å². The fourth-order valence-electron chi connectivity index (χ4n) is 3.61. The minimum Gasteiger partial charge on any atom is -0.327 e. The van der Waals surface area contributed by atoms with E-state index in [2.05, 4.69) is 0 Å². The quantitative estimate of drug-likeness (QED) is 0.885. The van der Waals surface area contributed by atoms with Crippen molar-refractivity contribution in [2.24, 2.45) is 23.5 Å². The van der Waals surface area contributed by atoms with Crippen molar-refractivity contribution in [3.63, 3.8) is 0 Å². The summed E-state index contributed by atoms with van der Waals surface area (Å²) in [6.45, 7) is 0. The highest BCUT2D eigenvalue weighted by molar-refractivity contribution is 6.36. The maximum Gasteiger partial charge on any atom is 0.0453 e. The molecule has 1 nitrogen and oxygen atoms in total. The van der Waals surface area contributed by atoms with E-state index in [-0.39, 0.29) is 6.04 Å². The standard InChI is InChI=1S/C14H17Cl2N/c15-11-5-2-6-12(16)10(11)7-13(17)14-8-3-1-4-9(8)14/h2,5-6,8-9,13-14H,1,3-4,7,17H2. The molecule has 2 fully saturated rings. The Kier molecular flexibility index (Phi) is 3.10. The van der Waals surface area contributed by atoms with Crippen molar-refractivity contribution >= 4 is 23.2 Å². The SMILES string of the molecule is NC(Cc1c(Cl)cccc1Cl)C1C2CCCC21. The lowest BCUT2D eigenvalue weighted by Crippen LogP contribution is -2.27. The molecule has 0 spiro atoms. The highest BCUT2D eigenvalue weighted by Gasteiger charge is 2.54. The summed E-state index contributed by atoms with van der Waals surface area (Å²) in [6.07, 6.45) is 4.96. The Morgan fingerprint density at radius 2 is 1.76 bits per heavy atom. The van der Waals surface area contributed by atoms with Gasteiger partial charge < -0.3 is 5.73 Å². The molecule has 2 saturated carbocycles. The van der Waals surface area contributed by atoms with Crippen molar-refractivity contribution in [2.45, 2.75) is 31.7 Å². The molecule has 3 rings (SSSR count). The van der Waals surface area contributed by atoms with Crippen LogP contribution in [0.2, 0.25) is 10.0 Å². The fourth-order valence-corrected chi connectivity index (χ4v) is 4.16. The Morgan fingerprint density at radius 1 is 1.18 bits per heavy atom. The van der Waals surface area contributed by atoms with Gasteiger partial charge in [-0.15, -0.1) is 0 Å². The fraction of sp³-hybridized carbons (Fsp3) is 0.571. The monoisotopic (exact) mass is 269 g/mol. The van der Waals surface area contributed by atoms with Crippen LogP contribution in [0.15, 0.2) is 18.2 Å². The lowest BCUT2D eigenvalue weighted by Gasteiger charge is -2.15. The third kappa shape index (κ3) is 2.09. The van der Waals surface area contributed by atoms with Crippen LogP contribution in [0.3, 0.4) is 0 Å². The molecule has 0 heterocycles. The highest BCUT2D eigenvalue weighted by Crippen LogP contribution is 2.59. The molecule has 2 aliphatic rings. The van der Waals surface area contributed by atoms with Crippen LogP contribution in [0.5, 0.6) is 0 Å². The summed E-state index contributed by atoms with van der Waals surface area (Å²) in [4.78, 5) is 0. The second kappa shape index (κ2) is 4.46. The summed E-state index contributed by atoms with van der Waals surface area (Å²) < 4.78 is 0. The van der Waals surface area contributed by atoms with Crippen molar-refractivity contribution < 1.29 is 0 Å². The molecule has 17 heavy (non-hydrogen) atoms. The van der Waals surface area contributed by atoms with Gasteiger partial charge in [-0.3, -0.25) is 0 Å². The van der Waals surface area contributed by atoms with E-state index in [9.17, 15) is 0 Å². The molecule has 0 radical (unpaired) electrons. The Labute approximate surface area is 112 Å². The topological polar surface area (TPSA) is 26.0 Å². The number of halogens is 2. The minimum absolute atomic E-state index is 0.225. The van der Waals surface area contributed by atoms with E-state index in [1.807, 2.05) is 18.2 Å². The van der Waals surface area contributed by atoms with E-state index in [0.29, 0.717) is 0 Å². The van der Waals surface area contributed by atoms with Crippen LogP contribution in [0.25, 0.3) is 0 Å². The summed E-state index contributed by atoms with van der Waals surface area (Å²) in [7, 11) is 0. The number of rotatable bonds is 3. The van der Waals surface area contributed by atoms with Gasteiger partial charge in [0.1, 0.15) is 0 Å². The average molecular weight is 270 g/mol. The number of benzene rings is 1. The summed E-state index contributed by atoms with van der Waals surface area (Å²) in [6, 6.07) is 5.89. The Hall–Kier alpha value is -0.240. The lowest BCUT2D eigenvalue weighted by molar-refractivity contribution is 0.484. The predicted octanol–water partition coefficient (Wildman–Crippen LogP) is 3.91. The zero-order valence-electron chi connectivity index (χ0n) is 9.70. The number of hydrogen-bond donors (Lipinski definition) is 1. The second-order valence-electron chi connectivity index (χ2n) is 5.40. The zero-order chi connectivity index (χ0) is 12.0. The van der Waals surface area contributed by atoms with Crippen LogP contribution < -0.4 is 5.73 Å². The van der Waals surface area contributed by atoms with Crippen molar-refractivity contribution in [1.29, 1.82) is 0 Å². The van der Waals surface area contributed by atoms with Crippen molar-refractivity contribution in [2.75, 3.05) is 0 Å². The van der Waals surface area contributed by atoms with Crippen molar-refractivity contribution in [1.82, 2.24) is 0 Å². The van der Waals surface area contributed by atoms with E-state index in [4.69, 9.17) is 28.9 Å². The molecule has 2 aliphatic carbocycles. The van der Waals surface area contributed by atoms with Gasteiger partial charge in [0.15, 0.2) is 0 Å². The summed E-state index contributed by atoms with van der Waals surface area (Å²) in [5.41, 5.74) is 7.34. The first-order valence-corrected chi connectivity index (χ1v) is 7.12. The third-order valence-corrected chi connectivity index (χ3v) is 5.18. The smallest absolute Gasteiger partial charge is 0.0453 e. The summed E-state index contributed by atoms with van der Waals surface area (Å²) in [5, 5.41) is 1.50. The van der Waals surface area contributed by atoms with Gasteiger partial charge in [0.05, 0.1) is 0 Å². The van der Waals surface area contributed by atoms with E-state index < -0.39 is 0 Å². The molecule has 0 aromatic heterocycles. The molecular weight excluding hydrogens is 253 g/mol. The summed E-state index contributed by atoms with van der Waals surface area (Å²) in [5.74, 6) is 2.51. The molecule has 1 aromatic carbocycles. The third-order valence-electron chi connectivity index (χ3n) is 4.47. The molecule has 2 N–H and O–H groups in total. The van der Waals surface area contributed by atoms with Gasteiger partial charge in [-0.1, -0.05) is 35.7 Å². The lowest BCUT2D eigenvalue weighted by atomic mass is 9.98. The van der Waals surface area contributed by atoms with E-state index in [1.165, 1.54) is 19.3 Å². The molecular formula is C14H17Cl2N. The van der Waals surface area contributed by atoms with E-state index in [1.54, 1.807) is 0 Å². The molecule has 3 heteroatoms. The molecule has 3 atom stereocenters. The first-order valence-electron chi connectivity index (χ1n) is 6.37. The number of hydrogen-bond acceptors (Lipinski definition) is 1. The molecule has 0 saturated heterocycles. The van der Waals surface area contributed by atoms with Crippen LogP contribution in [0.4, 0.5) is 0 Å². The van der Waals surface area contributed by atoms with E-state index >= 15 is 0 Å². The normalized spacial score (nSPS) is 32.3. The van der Waals surface area contributed by atoms with Gasteiger partial charge in [0.2, 0.25) is 0 Å². The Balaban J connectivity index is 1.71.